The van der Waals surface area contributed by atoms with Crippen molar-refractivity contribution in [2.45, 2.75) is 6.92 Å². The third-order valence-electron chi connectivity index (χ3n) is 9.50. The Morgan fingerprint density at radius 3 is 1.46 bits per heavy atom. The van der Waals surface area contributed by atoms with Crippen LogP contribution in [0.5, 0.6) is 0 Å². The predicted molar refractivity (Wildman–Crippen MR) is 193 cm³/mol. The minimum atomic E-state index is -0.948. The molecule has 226 valence electrons. The summed E-state index contributed by atoms with van der Waals surface area (Å²) in [7, 11) is 0. The first-order chi connectivity index (χ1) is 23.5. The molecule has 0 amide bonds. The molecule has 5 heteroatoms. The van der Waals surface area contributed by atoms with Gasteiger partial charge in [-0.05, 0) is 86.3 Å². The second kappa shape index (κ2) is 10.8. The van der Waals surface area contributed by atoms with E-state index < -0.39 is 5.97 Å². The average molecular weight is 618 g/mol. The first-order valence-corrected chi connectivity index (χ1v) is 15.9. The SMILES string of the molecule is Cc1c2ccc3ccc4ccc(c(C(=O)O)c4c13)-c1ccc(cc1)-c1ccc(nc1)-c1cccc(n1)-c1ccc(cn1)-c1ccc-2cc1. The first kappa shape index (κ1) is 27.8. The number of carbonyl (C=O) groups is 1. The van der Waals surface area contributed by atoms with Crippen LogP contribution >= 0.6 is 0 Å². The minimum Gasteiger partial charge on any atom is -0.478 e. The highest BCUT2D eigenvalue weighted by atomic mass is 16.4. The van der Waals surface area contributed by atoms with Gasteiger partial charge in [0.05, 0.1) is 28.3 Å². The van der Waals surface area contributed by atoms with E-state index in [1.165, 1.54) is 0 Å². The van der Waals surface area contributed by atoms with Crippen molar-refractivity contribution in [1.82, 2.24) is 15.0 Å². The van der Waals surface area contributed by atoms with Crippen LogP contribution in [0.3, 0.4) is 0 Å². The molecular formula is C43H27N3O2. The van der Waals surface area contributed by atoms with Gasteiger partial charge in [-0.1, -0.05) is 103 Å². The number of rotatable bonds is 1. The lowest BCUT2D eigenvalue weighted by atomic mass is 9.87. The van der Waals surface area contributed by atoms with Crippen LogP contribution in [0.4, 0.5) is 0 Å². The van der Waals surface area contributed by atoms with E-state index in [1.807, 2.05) is 91.3 Å². The van der Waals surface area contributed by atoms with Crippen LogP contribution in [0.2, 0.25) is 0 Å². The standard InChI is InChI=1S/C43H27N3O2/c1-25-34-19-15-30-13-14-31-16-20-35(42(43(47)48)41(31)40(25)30)29-11-7-27(8-12-29)33-18-22-37(45-24-33)39-4-2-3-38(46-39)36-21-17-32(23-44-36)26-5-9-28(34)10-6-26/h2-24H,1H3,(H,47,48). The molecule has 0 atom stereocenters. The second-order valence-electron chi connectivity index (χ2n) is 12.2. The van der Waals surface area contributed by atoms with Crippen molar-refractivity contribution in [3.05, 3.63) is 151 Å². The molecule has 5 nitrogen and oxygen atoms in total. The number of aromatic carboxylic acids is 1. The topological polar surface area (TPSA) is 76.0 Å². The molecule has 1 N–H and O–H groups in total. The van der Waals surface area contributed by atoms with E-state index in [2.05, 4.69) is 55.5 Å². The second-order valence-corrected chi connectivity index (χ2v) is 12.2. The van der Waals surface area contributed by atoms with Crippen LogP contribution in [-0.2, 0) is 0 Å². The highest BCUT2D eigenvalue weighted by Gasteiger charge is 2.20. The van der Waals surface area contributed by atoms with Gasteiger partial charge in [0.25, 0.3) is 0 Å². The van der Waals surface area contributed by atoms with E-state index in [0.29, 0.717) is 11.1 Å². The van der Waals surface area contributed by atoms with Crippen molar-refractivity contribution in [2.24, 2.45) is 0 Å². The quantitative estimate of drug-likeness (QED) is 0.186. The van der Waals surface area contributed by atoms with Crippen LogP contribution < -0.4 is 0 Å². The Bertz CT molecular complexity index is 2560. The van der Waals surface area contributed by atoms with E-state index in [4.69, 9.17) is 15.0 Å². The molecule has 0 aliphatic carbocycles. The van der Waals surface area contributed by atoms with Crippen molar-refractivity contribution in [3.63, 3.8) is 0 Å². The Kier molecular flexibility index (Phi) is 6.27. The highest BCUT2D eigenvalue weighted by Crippen LogP contribution is 2.40. The summed E-state index contributed by atoms with van der Waals surface area (Å²) in [6.07, 6.45) is 3.74. The molecule has 0 saturated carbocycles. The maximum Gasteiger partial charge on any atom is 0.336 e. The highest BCUT2D eigenvalue weighted by molar-refractivity contribution is 6.21. The molecule has 7 aliphatic heterocycles. The van der Waals surface area contributed by atoms with Crippen LogP contribution in [-0.4, -0.2) is 26.0 Å². The zero-order chi connectivity index (χ0) is 32.4. The molecule has 48 heavy (non-hydrogen) atoms. The smallest absolute Gasteiger partial charge is 0.336 e. The summed E-state index contributed by atoms with van der Waals surface area (Å²) in [5, 5.41) is 14.4. The van der Waals surface area contributed by atoms with Gasteiger partial charge in [0.2, 0.25) is 0 Å². The summed E-state index contributed by atoms with van der Waals surface area (Å²) in [5.74, 6) is -0.948. The van der Waals surface area contributed by atoms with Crippen molar-refractivity contribution in [2.75, 3.05) is 0 Å². The summed E-state index contributed by atoms with van der Waals surface area (Å²) >= 11 is 0. The van der Waals surface area contributed by atoms with E-state index in [1.54, 1.807) is 0 Å². The van der Waals surface area contributed by atoms with Crippen LogP contribution in [0.25, 0.3) is 88.8 Å². The van der Waals surface area contributed by atoms with Gasteiger partial charge in [-0.3, -0.25) is 9.97 Å². The lowest BCUT2D eigenvalue weighted by Crippen LogP contribution is -2.02. The molecule has 5 aromatic carbocycles. The lowest BCUT2D eigenvalue weighted by molar-refractivity contribution is 0.0700. The number of carboxylic acids is 1. The Morgan fingerprint density at radius 2 is 0.938 bits per heavy atom. The largest absolute Gasteiger partial charge is 0.478 e. The van der Waals surface area contributed by atoms with Gasteiger partial charge in [-0.15, -0.1) is 0 Å². The first-order valence-electron chi connectivity index (χ1n) is 15.9. The van der Waals surface area contributed by atoms with Crippen molar-refractivity contribution < 1.29 is 9.90 Å². The summed E-state index contributed by atoms with van der Waals surface area (Å²) in [5.41, 5.74) is 12.2. The van der Waals surface area contributed by atoms with Crippen molar-refractivity contribution in [3.8, 4) is 67.3 Å². The van der Waals surface area contributed by atoms with Gasteiger partial charge >= 0.3 is 5.97 Å². The van der Waals surface area contributed by atoms with Gasteiger partial charge in [0, 0.05) is 28.9 Å². The van der Waals surface area contributed by atoms with Crippen LogP contribution in [0.15, 0.2) is 140 Å². The fraction of sp³-hybridized carbons (Fsp3) is 0.0233. The molecule has 8 aromatic rings. The molecule has 0 spiro atoms. The van der Waals surface area contributed by atoms with Gasteiger partial charge in [-0.25, -0.2) is 9.78 Å². The monoisotopic (exact) mass is 617 g/mol. The number of pyridine rings is 3. The zero-order valence-electron chi connectivity index (χ0n) is 26.0. The normalized spacial score (nSPS) is 11.6. The van der Waals surface area contributed by atoms with E-state index >= 15 is 0 Å². The lowest BCUT2D eigenvalue weighted by Gasteiger charge is -2.17. The van der Waals surface area contributed by atoms with Crippen LogP contribution in [0.1, 0.15) is 15.9 Å². The molecule has 0 saturated heterocycles. The maximum absolute atomic E-state index is 13.1. The predicted octanol–water partition coefficient (Wildman–Crippen LogP) is 10.5. The minimum absolute atomic E-state index is 0.309. The van der Waals surface area contributed by atoms with Crippen molar-refractivity contribution in [1.29, 1.82) is 0 Å². The third-order valence-corrected chi connectivity index (χ3v) is 9.50. The molecule has 7 aliphatic rings. The molecular weight excluding hydrogens is 590 g/mol. The number of aromatic nitrogens is 3. The Labute approximate surface area is 276 Å². The summed E-state index contributed by atoms with van der Waals surface area (Å²) in [4.78, 5) is 27.5. The zero-order valence-corrected chi connectivity index (χ0v) is 26.0. The fourth-order valence-electron chi connectivity index (χ4n) is 7.02. The van der Waals surface area contributed by atoms with Crippen LogP contribution in [0, 0.1) is 6.92 Å². The number of carboxylic acid groups (broad SMARTS) is 1. The Hall–Kier alpha value is -6.46. The fourth-order valence-corrected chi connectivity index (χ4v) is 7.02. The number of nitrogens with zero attached hydrogens (tertiary/aromatic N) is 3. The molecule has 14 bridgehead atoms. The molecule has 3 aromatic heterocycles. The molecule has 15 rings (SSSR count). The summed E-state index contributed by atoms with van der Waals surface area (Å²) < 4.78 is 0. The van der Waals surface area contributed by atoms with E-state index in [9.17, 15) is 9.90 Å². The number of aryl methyl sites for hydroxylation is 1. The molecule has 10 heterocycles. The Morgan fingerprint density at radius 1 is 0.479 bits per heavy atom. The Balaban J connectivity index is 1.30. The van der Waals surface area contributed by atoms with E-state index in [-0.39, 0.29) is 0 Å². The number of hydrogen-bond donors (Lipinski definition) is 1. The molecule has 0 unspecified atom stereocenters. The third kappa shape index (κ3) is 4.48. The number of benzene rings is 5. The summed E-state index contributed by atoms with van der Waals surface area (Å²) in [6, 6.07) is 42.8. The average Bonchev–Trinajstić information content (AvgIpc) is 3.14. The molecule has 0 radical (unpaired) electrons. The van der Waals surface area contributed by atoms with Gasteiger partial charge in [0.1, 0.15) is 0 Å². The van der Waals surface area contributed by atoms with Gasteiger partial charge < -0.3 is 5.11 Å². The molecule has 0 fully saturated rings. The van der Waals surface area contributed by atoms with Gasteiger partial charge in [-0.2, -0.15) is 0 Å². The van der Waals surface area contributed by atoms with Gasteiger partial charge in [0.15, 0.2) is 0 Å². The summed E-state index contributed by atoms with van der Waals surface area (Å²) in [6.45, 7) is 2.09. The maximum atomic E-state index is 13.1. The van der Waals surface area contributed by atoms with Crippen molar-refractivity contribution >= 4 is 27.5 Å². The number of hydrogen-bond acceptors (Lipinski definition) is 4. The van der Waals surface area contributed by atoms with E-state index in [0.717, 1.165) is 88.8 Å².